The Labute approximate surface area is 223 Å². The molecule has 9 nitrogen and oxygen atoms in total. The van der Waals surface area contributed by atoms with E-state index in [2.05, 4.69) is 0 Å². The van der Waals surface area contributed by atoms with E-state index in [-0.39, 0.29) is 23.5 Å². The van der Waals surface area contributed by atoms with E-state index in [9.17, 15) is 24.3 Å². The zero-order valence-electron chi connectivity index (χ0n) is 23.7. The van der Waals surface area contributed by atoms with Crippen molar-refractivity contribution in [2.45, 2.75) is 104 Å². The minimum atomic E-state index is -1.31. The molecular formula is C29H40O9. The number of ether oxygens (including phenoxy) is 4. The number of aliphatic hydroxyl groups excluding tert-OH is 1. The van der Waals surface area contributed by atoms with Crippen LogP contribution in [0.1, 0.15) is 68.7 Å². The molecule has 210 valence electrons. The first-order chi connectivity index (χ1) is 17.6. The Hall–Kier alpha value is -2.52. The van der Waals surface area contributed by atoms with Crippen LogP contribution in [0.2, 0.25) is 0 Å². The molecule has 38 heavy (non-hydrogen) atoms. The van der Waals surface area contributed by atoms with E-state index in [0.717, 1.165) is 0 Å². The molecule has 0 bridgehead atoms. The van der Waals surface area contributed by atoms with Gasteiger partial charge in [0.2, 0.25) is 0 Å². The Bertz CT molecular complexity index is 1120. The number of ketones is 1. The highest BCUT2D eigenvalue weighted by molar-refractivity contribution is 5.96. The SMILES string of the molecule is C/C=C(/C)C(=O)O[C@@H]1/C(C)=C/[C@@]23O[C@@]2(C[C@H](C)[C@@H]3O)C(=O)[C@H](C)[C@H](OC(C)=O)[C@@H]2[C@H]([C@@H]1OC(C)=O)C2(C)C. The van der Waals surface area contributed by atoms with Crippen molar-refractivity contribution < 1.29 is 43.2 Å². The Kier molecular flexibility index (Phi) is 6.97. The van der Waals surface area contributed by atoms with Gasteiger partial charge in [0.15, 0.2) is 23.1 Å². The molecule has 0 unspecified atom stereocenters. The van der Waals surface area contributed by atoms with Crippen molar-refractivity contribution in [3.05, 3.63) is 23.3 Å². The van der Waals surface area contributed by atoms with Crippen LogP contribution in [-0.4, -0.2) is 64.4 Å². The van der Waals surface area contributed by atoms with Gasteiger partial charge in [-0.25, -0.2) is 4.79 Å². The summed E-state index contributed by atoms with van der Waals surface area (Å²) >= 11 is 0. The molecule has 0 radical (unpaired) electrons. The van der Waals surface area contributed by atoms with E-state index in [4.69, 9.17) is 18.9 Å². The molecule has 1 aliphatic heterocycles. The second kappa shape index (κ2) is 9.30. The van der Waals surface area contributed by atoms with Crippen LogP contribution in [-0.2, 0) is 38.1 Å². The fourth-order valence-electron chi connectivity index (χ4n) is 7.18. The molecule has 0 amide bonds. The fourth-order valence-corrected chi connectivity index (χ4v) is 7.18. The molecule has 4 aliphatic rings. The molecule has 1 saturated heterocycles. The second-order valence-corrected chi connectivity index (χ2v) is 12.2. The third kappa shape index (κ3) is 4.13. The quantitative estimate of drug-likeness (QED) is 0.191. The van der Waals surface area contributed by atoms with E-state index < -0.39 is 64.9 Å². The summed E-state index contributed by atoms with van der Waals surface area (Å²) < 4.78 is 23.8. The number of aliphatic hydroxyl groups is 1. The van der Waals surface area contributed by atoms with Crippen LogP contribution < -0.4 is 0 Å². The summed E-state index contributed by atoms with van der Waals surface area (Å²) in [5.74, 6) is -3.62. The molecular weight excluding hydrogens is 492 g/mol. The lowest BCUT2D eigenvalue weighted by molar-refractivity contribution is -0.165. The molecule has 3 fully saturated rings. The number of allylic oxidation sites excluding steroid dienone is 1. The molecule has 4 rings (SSSR count). The highest BCUT2D eigenvalue weighted by atomic mass is 16.7. The van der Waals surface area contributed by atoms with Gasteiger partial charge in [0.25, 0.3) is 0 Å². The van der Waals surface area contributed by atoms with Crippen molar-refractivity contribution in [2.24, 2.45) is 29.1 Å². The number of rotatable bonds is 4. The van der Waals surface area contributed by atoms with Crippen molar-refractivity contribution in [3.8, 4) is 0 Å². The maximum Gasteiger partial charge on any atom is 0.334 e. The summed E-state index contributed by atoms with van der Waals surface area (Å²) in [7, 11) is 0. The van der Waals surface area contributed by atoms with Gasteiger partial charge in [-0.15, -0.1) is 0 Å². The monoisotopic (exact) mass is 532 g/mol. The zero-order valence-corrected chi connectivity index (χ0v) is 23.7. The number of carbonyl (C=O) groups excluding carboxylic acids is 4. The number of hydrogen-bond donors (Lipinski definition) is 1. The van der Waals surface area contributed by atoms with Gasteiger partial charge in [0.1, 0.15) is 12.2 Å². The van der Waals surface area contributed by atoms with Gasteiger partial charge in [0.05, 0.1) is 12.0 Å². The molecule has 1 heterocycles. The van der Waals surface area contributed by atoms with E-state index >= 15 is 0 Å². The lowest BCUT2D eigenvalue weighted by Crippen LogP contribution is -2.43. The zero-order chi connectivity index (χ0) is 28.5. The highest BCUT2D eigenvalue weighted by Crippen LogP contribution is 2.68. The minimum absolute atomic E-state index is 0.234. The molecule has 9 heteroatoms. The van der Waals surface area contributed by atoms with Gasteiger partial charge in [-0.1, -0.05) is 33.8 Å². The summed E-state index contributed by atoms with van der Waals surface area (Å²) in [5.41, 5.74) is -2.22. The molecule has 0 spiro atoms. The van der Waals surface area contributed by atoms with Gasteiger partial charge in [-0.2, -0.15) is 0 Å². The maximum atomic E-state index is 14.1. The topological polar surface area (TPSA) is 129 Å². The predicted molar refractivity (Wildman–Crippen MR) is 135 cm³/mol. The Morgan fingerprint density at radius 2 is 1.58 bits per heavy atom. The van der Waals surface area contributed by atoms with E-state index in [1.165, 1.54) is 13.8 Å². The van der Waals surface area contributed by atoms with E-state index in [1.54, 1.807) is 39.8 Å². The molecule has 3 aliphatic carbocycles. The van der Waals surface area contributed by atoms with Crippen LogP contribution in [0.5, 0.6) is 0 Å². The van der Waals surface area contributed by atoms with Gasteiger partial charge in [-0.3, -0.25) is 14.4 Å². The third-order valence-corrected chi connectivity index (χ3v) is 9.31. The van der Waals surface area contributed by atoms with Gasteiger partial charge >= 0.3 is 17.9 Å². The van der Waals surface area contributed by atoms with Crippen LogP contribution >= 0.6 is 0 Å². The number of fused-ring (bicyclic) bond motifs is 1. The molecule has 0 aromatic rings. The average molecular weight is 533 g/mol. The highest BCUT2D eigenvalue weighted by Gasteiger charge is 2.82. The van der Waals surface area contributed by atoms with Crippen molar-refractivity contribution in [3.63, 3.8) is 0 Å². The average Bonchev–Trinajstić information content (AvgIpc) is 3.62. The molecule has 10 atom stereocenters. The molecule has 0 aromatic heterocycles. The molecule has 1 N–H and O–H groups in total. The van der Waals surface area contributed by atoms with Gasteiger partial charge < -0.3 is 24.1 Å². The predicted octanol–water partition coefficient (Wildman–Crippen LogP) is 3.07. The Morgan fingerprint density at radius 1 is 1.03 bits per heavy atom. The summed E-state index contributed by atoms with van der Waals surface area (Å²) in [6.45, 7) is 15.2. The summed E-state index contributed by atoms with van der Waals surface area (Å²) in [6.07, 6.45) is -0.122. The summed E-state index contributed by atoms with van der Waals surface area (Å²) in [6, 6.07) is 0. The van der Waals surface area contributed by atoms with Crippen LogP contribution in [0.4, 0.5) is 0 Å². The summed E-state index contributed by atoms with van der Waals surface area (Å²) in [4.78, 5) is 51.7. The largest absolute Gasteiger partial charge is 0.461 e. The standard InChI is InChI=1S/C29H40O9/c1-10-13(2)26(34)37-21-14(3)11-28-24(32)15(4)12-29(28,38-28)25(33)16(5)22(35-17(6)30)19-20(27(19,8)9)23(21)36-18(7)31/h10-11,15-16,19-24,32H,12H2,1-9H3/b13-10-,14-11+/t15-,16+,19-,20+,21+,22-,23-,24-,28-,29-/m0/s1. The lowest BCUT2D eigenvalue weighted by atomic mass is 9.80. The maximum absolute atomic E-state index is 14.1. The second-order valence-electron chi connectivity index (χ2n) is 12.2. The van der Waals surface area contributed by atoms with Crippen molar-refractivity contribution in [1.29, 1.82) is 0 Å². The first-order valence-corrected chi connectivity index (χ1v) is 13.4. The Balaban J connectivity index is 1.92. The normalized spacial score (nSPS) is 44.7. The number of hydrogen-bond acceptors (Lipinski definition) is 9. The van der Waals surface area contributed by atoms with Crippen LogP contribution in [0.3, 0.4) is 0 Å². The van der Waals surface area contributed by atoms with Crippen LogP contribution in [0.15, 0.2) is 23.3 Å². The number of carbonyl (C=O) groups is 4. The molecule has 2 saturated carbocycles. The van der Waals surface area contributed by atoms with E-state index in [1.807, 2.05) is 20.8 Å². The van der Waals surface area contributed by atoms with Gasteiger partial charge in [0, 0.05) is 31.3 Å². The number of esters is 3. The number of Topliss-reactive ketones (excluding diaryl/α,β-unsaturated/α-hetero) is 1. The van der Waals surface area contributed by atoms with Crippen molar-refractivity contribution in [2.75, 3.05) is 0 Å². The number of epoxide rings is 1. The van der Waals surface area contributed by atoms with E-state index in [0.29, 0.717) is 17.6 Å². The summed E-state index contributed by atoms with van der Waals surface area (Å²) in [5, 5.41) is 11.2. The fraction of sp³-hybridized carbons (Fsp3) is 0.724. The molecule has 0 aromatic carbocycles. The first kappa shape index (κ1) is 28.5. The smallest absolute Gasteiger partial charge is 0.334 e. The minimum Gasteiger partial charge on any atom is -0.461 e. The van der Waals surface area contributed by atoms with Crippen molar-refractivity contribution >= 4 is 23.7 Å². The van der Waals surface area contributed by atoms with Crippen LogP contribution in [0.25, 0.3) is 0 Å². The van der Waals surface area contributed by atoms with Crippen molar-refractivity contribution in [1.82, 2.24) is 0 Å². The first-order valence-electron chi connectivity index (χ1n) is 13.4. The van der Waals surface area contributed by atoms with Crippen LogP contribution in [0, 0.1) is 29.1 Å². The third-order valence-electron chi connectivity index (χ3n) is 9.31. The Morgan fingerprint density at radius 3 is 2.13 bits per heavy atom. The van der Waals surface area contributed by atoms with Gasteiger partial charge in [-0.05, 0) is 50.2 Å². The lowest BCUT2D eigenvalue weighted by Gasteiger charge is -2.30.